The summed E-state index contributed by atoms with van der Waals surface area (Å²) < 4.78 is 13.2. The first-order valence-electron chi connectivity index (χ1n) is 6.47. The Kier molecular flexibility index (Phi) is 5.25. The molecule has 112 valence electrons. The van der Waals surface area contributed by atoms with Gasteiger partial charge in [0, 0.05) is 12.1 Å². The molecular formula is C14H15ClFN3OS. The van der Waals surface area contributed by atoms with Crippen LogP contribution < -0.4 is 4.90 Å². The molecule has 4 nitrogen and oxygen atoms in total. The van der Waals surface area contributed by atoms with Crippen LogP contribution in [0, 0.1) is 11.7 Å². The number of halogens is 2. The first-order chi connectivity index (χ1) is 10.0. The quantitative estimate of drug-likeness (QED) is 0.789. The van der Waals surface area contributed by atoms with Gasteiger partial charge >= 0.3 is 0 Å². The molecule has 1 heterocycles. The number of hydrogen-bond donors (Lipinski definition) is 0. The topological polar surface area (TPSA) is 46.1 Å². The Balaban J connectivity index is 2.30. The van der Waals surface area contributed by atoms with Crippen LogP contribution >= 0.6 is 22.9 Å². The summed E-state index contributed by atoms with van der Waals surface area (Å²) >= 11 is 6.89. The molecule has 7 heteroatoms. The molecule has 0 aliphatic rings. The third kappa shape index (κ3) is 3.98. The van der Waals surface area contributed by atoms with Crippen molar-refractivity contribution in [1.29, 1.82) is 0 Å². The number of rotatable bonds is 5. The maximum Gasteiger partial charge on any atom is 0.243 e. The van der Waals surface area contributed by atoms with E-state index in [1.54, 1.807) is 12.1 Å². The summed E-state index contributed by atoms with van der Waals surface area (Å²) in [5.41, 5.74) is 0.640. The standard InChI is InChI=1S/C14H15ClFN3OS/c1-9(2)8-19(12(20)7-15)14-18-17-13(21-14)10-4-3-5-11(16)6-10/h3-6,9H,7-8H2,1-2H3. The summed E-state index contributed by atoms with van der Waals surface area (Å²) in [6.07, 6.45) is 0. The van der Waals surface area contributed by atoms with Crippen molar-refractivity contribution in [3.05, 3.63) is 30.1 Å². The van der Waals surface area contributed by atoms with Crippen LogP contribution in [0.15, 0.2) is 24.3 Å². The summed E-state index contributed by atoms with van der Waals surface area (Å²) in [4.78, 5) is 13.4. The number of aromatic nitrogens is 2. The van der Waals surface area contributed by atoms with Crippen molar-refractivity contribution in [2.45, 2.75) is 13.8 Å². The maximum absolute atomic E-state index is 13.2. The first kappa shape index (κ1) is 15.9. The Morgan fingerprint density at radius 3 is 2.81 bits per heavy atom. The number of alkyl halides is 1. The van der Waals surface area contributed by atoms with Gasteiger partial charge in [-0.3, -0.25) is 9.69 Å². The maximum atomic E-state index is 13.2. The highest BCUT2D eigenvalue weighted by atomic mass is 35.5. The Hall–Kier alpha value is -1.53. The summed E-state index contributed by atoms with van der Waals surface area (Å²) in [5.74, 6) is -0.382. The van der Waals surface area contributed by atoms with Crippen LogP contribution in [-0.2, 0) is 4.79 Å². The number of anilines is 1. The largest absolute Gasteiger partial charge is 0.285 e. The predicted molar refractivity (Wildman–Crippen MR) is 83.2 cm³/mol. The average Bonchev–Trinajstić information content (AvgIpc) is 2.93. The van der Waals surface area contributed by atoms with Gasteiger partial charge in [-0.15, -0.1) is 21.8 Å². The molecule has 0 saturated heterocycles. The van der Waals surface area contributed by atoms with Gasteiger partial charge in [0.15, 0.2) is 0 Å². The molecule has 0 saturated carbocycles. The van der Waals surface area contributed by atoms with E-state index in [0.29, 0.717) is 22.2 Å². The van der Waals surface area contributed by atoms with Gasteiger partial charge in [-0.1, -0.05) is 37.3 Å². The SMILES string of the molecule is CC(C)CN(C(=O)CCl)c1nnc(-c2cccc(F)c2)s1. The number of benzene rings is 1. The van der Waals surface area contributed by atoms with Gasteiger partial charge in [0.05, 0.1) is 0 Å². The van der Waals surface area contributed by atoms with Crippen molar-refractivity contribution in [1.82, 2.24) is 10.2 Å². The number of carbonyl (C=O) groups excluding carboxylic acids is 1. The lowest BCUT2D eigenvalue weighted by Gasteiger charge is -2.20. The molecule has 1 aromatic carbocycles. The van der Waals surface area contributed by atoms with E-state index in [1.807, 2.05) is 13.8 Å². The zero-order valence-electron chi connectivity index (χ0n) is 11.7. The Bertz CT molecular complexity index is 632. The summed E-state index contributed by atoms with van der Waals surface area (Å²) in [5, 5.41) is 9.12. The Labute approximate surface area is 131 Å². The normalized spacial score (nSPS) is 10.9. The smallest absolute Gasteiger partial charge is 0.243 e. The summed E-state index contributed by atoms with van der Waals surface area (Å²) in [6.45, 7) is 4.52. The minimum absolute atomic E-state index is 0.110. The third-order valence-corrected chi connectivity index (χ3v) is 3.90. The van der Waals surface area contributed by atoms with Crippen LogP contribution in [0.4, 0.5) is 9.52 Å². The lowest BCUT2D eigenvalue weighted by Crippen LogP contribution is -2.35. The van der Waals surface area contributed by atoms with Crippen LogP contribution in [0.3, 0.4) is 0 Å². The second kappa shape index (κ2) is 6.95. The van der Waals surface area contributed by atoms with Gasteiger partial charge in [0.2, 0.25) is 11.0 Å². The molecule has 1 aromatic heterocycles. The van der Waals surface area contributed by atoms with Crippen molar-refractivity contribution < 1.29 is 9.18 Å². The molecule has 1 amide bonds. The average molecular weight is 328 g/mol. The molecule has 0 bridgehead atoms. The molecule has 0 unspecified atom stereocenters. The highest BCUT2D eigenvalue weighted by Gasteiger charge is 2.20. The van der Waals surface area contributed by atoms with Crippen molar-refractivity contribution in [2.24, 2.45) is 5.92 Å². The molecule has 0 spiro atoms. The van der Waals surface area contributed by atoms with E-state index in [-0.39, 0.29) is 23.5 Å². The lowest BCUT2D eigenvalue weighted by molar-refractivity contribution is -0.116. The van der Waals surface area contributed by atoms with Gasteiger partial charge in [0.25, 0.3) is 0 Å². The van der Waals surface area contributed by atoms with Crippen LogP contribution in [0.1, 0.15) is 13.8 Å². The van der Waals surface area contributed by atoms with Crippen LogP contribution in [0.5, 0.6) is 0 Å². The molecule has 0 N–H and O–H groups in total. The molecule has 21 heavy (non-hydrogen) atoms. The predicted octanol–water partition coefficient (Wildman–Crippen LogP) is 3.57. The molecule has 0 atom stereocenters. The fraction of sp³-hybridized carbons (Fsp3) is 0.357. The van der Waals surface area contributed by atoms with Crippen LogP contribution in [-0.4, -0.2) is 28.5 Å². The molecule has 0 fully saturated rings. The van der Waals surface area contributed by atoms with Crippen molar-refractivity contribution >= 4 is 34.0 Å². The highest BCUT2D eigenvalue weighted by molar-refractivity contribution is 7.18. The van der Waals surface area contributed by atoms with Gasteiger partial charge in [0.1, 0.15) is 16.7 Å². The van der Waals surface area contributed by atoms with Crippen molar-refractivity contribution in [3.63, 3.8) is 0 Å². The fourth-order valence-electron chi connectivity index (χ4n) is 1.79. The second-order valence-corrected chi connectivity index (χ2v) is 6.16. The number of hydrogen-bond acceptors (Lipinski definition) is 4. The zero-order valence-corrected chi connectivity index (χ0v) is 13.3. The van der Waals surface area contributed by atoms with Crippen LogP contribution in [0.25, 0.3) is 10.6 Å². The number of carbonyl (C=O) groups is 1. The van der Waals surface area contributed by atoms with Gasteiger partial charge in [-0.05, 0) is 18.1 Å². The van der Waals surface area contributed by atoms with E-state index in [0.717, 1.165) is 0 Å². The van der Waals surface area contributed by atoms with Crippen molar-refractivity contribution in [3.8, 4) is 10.6 Å². The summed E-state index contributed by atoms with van der Waals surface area (Å²) in [6, 6.07) is 6.12. The van der Waals surface area contributed by atoms with E-state index in [2.05, 4.69) is 10.2 Å². The number of nitrogens with zero attached hydrogens (tertiary/aromatic N) is 3. The summed E-state index contributed by atoms with van der Waals surface area (Å²) in [7, 11) is 0. The van der Waals surface area contributed by atoms with Gasteiger partial charge in [-0.25, -0.2) is 4.39 Å². The van der Waals surface area contributed by atoms with E-state index < -0.39 is 0 Å². The van der Waals surface area contributed by atoms with E-state index >= 15 is 0 Å². The molecular weight excluding hydrogens is 313 g/mol. The van der Waals surface area contributed by atoms with E-state index in [4.69, 9.17) is 11.6 Å². The number of amides is 1. The monoisotopic (exact) mass is 327 g/mol. The van der Waals surface area contributed by atoms with E-state index in [1.165, 1.54) is 28.4 Å². The Morgan fingerprint density at radius 1 is 1.43 bits per heavy atom. The van der Waals surface area contributed by atoms with E-state index in [9.17, 15) is 9.18 Å². The second-order valence-electron chi connectivity index (χ2n) is 4.93. The first-order valence-corrected chi connectivity index (χ1v) is 7.82. The molecule has 2 rings (SSSR count). The van der Waals surface area contributed by atoms with Gasteiger partial charge < -0.3 is 0 Å². The van der Waals surface area contributed by atoms with Crippen molar-refractivity contribution in [2.75, 3.05) is 17.3 Å². The van der Waals surface area contributed by atoms with Gasteiger partial charge in [-0.2, -0.15) is 0 Å². The third-order valence-electron chi connectivity index (χ3n) is 2.68. The Morgan fingerprint density at radius 2 is 2.19 bits per heavy atom. The molecule has 0 aliphatic heterocycles. The molecule has 2 aromatic rings. The highest BCUT2D eigenvalue weighted by Crippen LogP contribution is 2.29. The zero-order chi connectivity index (χ0) is 15.4. The molecule has 0 radical (unpaired) electrons. The fourth-order valence-corrected chi connectivity index (χ4v) is 2.80. The lowest BCUT2D eigenvalue weighted by atomic mass is 10.2. The minimum Gasteiger partial charge on any atom is -0.285 e. The minimum atomic E-state index is -0.333. The molecule has 0 aliphatic carbocycles. The van der Waals surface area contributed by atoms with Crippen LogP contribution in [0.2, 0.25) is 0 Å².